The van der Waals surface area contributed by atoms with Crippen LogP contribution in [0.4, 0.5) is 10.5 Å². The Morgan fingerprint density at radius 3 is 2.73 bits per heavy atom. The second-order valence-corrected chi connectivity index (χ2v) is 6.11. The van der Waals surface area contributed by atoms with Crippen LogP contribution in [0.15, 0.2) is 24.3 Å². The van der Waals surface area contributed by atoms with Crippen molar-refractivity contribution in [3.05, 3.63) is 45.4 Å². The van der Waals surface area contributed by atoms with Crippen LogP contribution in [0.1, 0.15) is 25.9 Å². The molecule has 1 aromatic heterocycles. The number of aryl methyl sites for hydroxylation is 2. The number of benzene rings is 1. The first kappa shape index (κ1) is 16.0. The van der Waals surface area contributed by atoms with Crippen LogP contribution in [0.3, 0.4) is 0 Å². The van der Waals surface area contributed by atoms with Crippen LogP contribution in [0, 0.1) is 13.8 Å². The number of amides is 3. The van der Waals surface area contributed by atoms with Gasteiger partial charge in [-0.25, -0.2) is 9.78 Å². The zero-order valence-electron chi connectivity index (χ0n) is 12.5. The number of aromatic nitrogens is 1. The lowest BCUT2D eigenvalue weighted by atomic mass is 10.2. The van der Waals surface area contributed by atoms with E-state index in [0.717, 1.165) is 17.1 Å². The van der Waals surface area contributed by atoms with Gasteiger partial charge in [-0.1, -0.05) is 6.07 Å². The molecule has 116 valence electrons. The maximum Gasteiger partial charge on any atom is 0.316 e. The highest BCUT2D eigenvalue weighted by Crippen LogP contribution is 2.17. The fraction of sp³-hybridized carbons (Fsp3) is 0.267. The largest absolute Gasteiger partial charge is 0.352 e. The number of nitrogens with zero attached hydrogens (tertiary/aromatic N) is 1. The summed E-state index contributed by atoms with van der Waals surface area (Å²) < 4.78 is 0. The smallest absolute Gasteiger partial charge is 0.316 e. The summed E-state index contributed by atoms with van der Waals surface area (Å²) in [4.78, 5) is 28.5. The van der Waals surface area contributed by atoms with Crippen molar-refractivity contribution in [1.29, 1.82) is 0 Å². The van der Waals surface area contributed by atoms with E-state index < -0.39 is 6.03 Å². The van der Waals surface area contributed by atoms with Crippen molar-refractivity contribution < 1.29 is 9.59 Å². The number of thiazole rings is 1. The molecule has 0 unspecified atom stereocenters. The monoisotopic (exact) mass is 318 g/mol. The van der Waals surface area contributed by atoms with Crippen molar-refractivity contribution in [2.24, 2.45) is 5.73 Å². The lowest BCUT2D eigenvalue weighted by Crippen LogP contribution is -2.26. The molecule has 22 heavy (non-hydrogen) atoms. The van der Waals surface area contributed by atoms with Crippen LogP contribution >= 0.6 is 11.3 Å². The summed E-state index contributed by atoms with van der Waals surface area (Å²) in [5, 5.41) is 6.34. The van der Waals surface area contributed by atoms with E-state index in [1.807, 2.05) is 13.8 Å². The first-order valence-electron chi connectivity index (χ1n) is 6.83. The molecule has 0 radical (unpaired) electrons. The molecule has 7 heteroatoms. The first-order valence-corrected chi connectivity index (χ1v) is 7.65. The molecule has 0 fully saturated rings. The molecule has 0 aliphatic rings. The minimum Gasteiger partial charge on any atom is -0.352 e. The summed E-state index contributed by atoms with van der Waals surface area (Å²) >= 11 is 1.65. The molecule has 1 aromatic carbocycles. The van der Waals surface area contributed by atoms with Gasteiger partial charge in [-0.3, -0.25) is 4.79 Å². The lowest BCUT2D eigenvalue weighted by Gasteiger charge is -2.07. The molecule has 0 bridgehead atoms. The van der Waals surface area contributed by atoms with E-state index in [1.54, 1.807) is 35.6 Å². The number of hydrogen-bond donors (Lipinski definition) is 3. The van der Waals surface area contributed by atoms with Crippen LogP contribution in [-0.2, 0) is 6.42 Å². The van der Waals surface area contributed by atoms with Gasteiger partial charge in [0.15, 0.2) is 0 Å². The second-order valence-electron chi connectivity index (χ2n) is 4.82. The van der Waals surface area contributed by atoms with Crippen molar-refractivity contribution in [3.63, 3.8) is 0 Å². The van der Waals surface area contributed by atoms with Gasteiger partial charge in [-0.15, -0.1) is 11.3 Å². The topological polar surface area (TPSA) is 97.1 Å². The predicted molar refractivity (Wildman–Crippen MR) is 87.3 cm³/mol. The molecule has 0 aliphatic carbocycles. The average Bonchev–Trinajstić information content (AvgIpc) is 2.76. The number of rotatable bonds is 5. The molecule has 0 spiro atoms. The third-order valence-corrected chi connectivity index (χ3v) is 4.16. The van der Waals surface area contributed by atoms with E-state index in [2.05, 4.69) is 15.6 Å². The number of primary amides is 1. The molecule has 4 N–H and O–H groups in total. The van der Waals surface area contributed by atoms with E-state index >= 15 is 0 Å². The Labute approximate surface area is 132 Å². The highest BCUT2D eigenvalue weighted by Gasteiger charge is 2.08. The van der Waals surface area contributed by atoms with Crippen molar-refractivity contribution >= 4 is 29.0 Å². The standard InChI is InChI=1S/C15H18N4O2S/c1-9-13(22-10(2)18-9)6-7-17-14(20)11-4-3-5-12(8-11)19-15(16)21/h3-5,8H,6-7H2,1-2H3,(H,17,20)(H3,16,19,21). The first-order chi connectivity index (χ1) is 10.5. The van der Waals surface area contributed by atoms with E-state index in [1.165, 1.54) is 4.88 Å². The molecule has 2 rings (SSSR count). The number of nitrogens with two attached hydrogens (primary N) is 1. The van der Waals surface area contributed by atoms with Crippen LogP contribution in [-0.4, -0.2) is 23.5 Å². The lowest BCUT2D eigenvalue weighted by molar-refractivity contribution is 0.0954. The Morgan fingerprint density at radius 2 is 2.09 bits per heavy atom. The van der Waals surface area contributed by atoms with Crippen LogP contribution in [0.5, 0.6) is 0 Å². The van der Waals surface area contributed by atoms with Crippen molar-refractivity contribution in [2.45, 2.75) is 20.3 Å². The van der Waals surface area contributed by atoms with Gasteiger partial charge in [-0.05, 0) is 32.0 Å². The van der Waals surface area contributed by atoms with Crippen molar-refractivity contribution in [3.8, 4) is 0 Å². The molecular formula is C15H18N4O2S. The Bertz CT molecular complexity index is 697. The van der Waals surface area contributed by atoms with Gasteiger partial charge >= 0.3 is 6.03 Å². The summed E-state index contributed by atoms with van der Waals surface area (Å²) in [6, 6.07) is 5.97. The van der Waals surface area contributed by atoms with Crippen LogP contribution < -0.4 is 16.4 Å². The zero-order chi connectivity index (χ0) is 16.1. The summed E-state index contributed by atoms with van der Waals surface area (Å²) in [7, 11) is 0. The summed E-state index contributed by atoms with van der Waals surface area (Å²) in [6.07, 6.45) is 0.752. The molecule has 0 aliphatic heterocycles. The van der Waals surface area contributed by atoms with Gasteiger partial charge in [0.1, 0.15) is 0 Å². The van der Waals surface area contributed by atoms with Gasteiger partial charge < -0.3 is 16.4 Å². The fourth-order valence-corrected chi connectivity index (χ4v) is 3.01. The molecule has 0 saturated heterocycles. The van der Waals surface area contributed by atoms with Crippen molar-refractivity contribution in [2.75, 3.05) is 11.9 Å². The number of urea groups is 1. The van der Waals surface area contributed by atoms with E-state index in [9.17, 15) is 9.59 Å². The third-order valence-electron chi connectivity index (χ3n) is 3.03. The van der Waals surface area contributed by atoms with Crippen molar-refractivity contribution in [1.82, 2.24) is 10.3 Å². The molecule has 0 atom stereocenters. The maximum atomic E-state index is 12.1. The van der Waals surface area contributed by atoms with Gasteiger partial charge in [0.05, 0.1) is 10.7 Å². The quantitative estimate of drug-likeness (QED) is 0.788. The zero-order valence-corrected chi connectivity index (χ0v) is 13.3. The number of carbonyl (C=O) groups excluding carboxylic acids is 2. The third kappa shape index (κ3) is 4.29. The fourth-order valence-electron chi connectivity index (χ4n) is 2.08. The average molecular weight is 318 g/mol. The SMILES string of the molecule is Cc1nc(C)c(CCNC(=O)c2cccc(NC(N)=O)c2)s1. The summed E-state index contributed by atoms with van der Waals surface area (Å²) in [5.41, 5.74) is 7.04. The Morgan fingerprint density at radius 1 is 1.32 bits per heavy atom. The Hall–Kier alpha value is -2.41. The summed E-state index contributed by atoms with van der Waals surface area (Å²) in [6.45, 7) is 4.48. The number of nitrogens with one attached hydrogen (secondary N) is 2. The molecule has 1 heterocycles. The van der Waals surface area contributed by atoms with E-state index in [0.29, 0.717) is 17.8 Å². The highest BCUT2D eigenvalue weighted by atomic mass is 32.1. The van der Waals surface area contributed by atoms with Crippen LogP contribution in [0.25, 0.3) is 0 Å². The van der Waals surface area contributed by atoms with Gasteiger partial charge in [0.25, 0.3) is 5.91 Å². The Kier molecular flexibility index (Phi) is 5.11. The molecule has 3 amide bonds. The molecular weight excluding hydrogens is 300 g/mol. The van der Waals surface area contributed by atoms with Gasteiger partial charge in [0.2, 0.25) is 0 Å². The van der Waals surface area contributed by atoms with Gasteiger partial charge in [-0.2, -0.15) is 0 Å². The van der Waals surface area contributed by atoms with E-state index in [4.69, 9.17) is 5.73 Å². The maximum absolute atomic E-state index is 12.1. The predicted octanol–water partition coefficient (Wildman–Crippen LogP) is 2.22. The summed E-state index contributed by atoms with van der Waals surface area (Å²) in [5.74, 6) is -0.188. The molecule has 2 aromatic rings. The number of anilines is 1. The number of carbonyl (C=O) groups is 2. The minimum absolute atomic E-state index is 0.188. The van der Waals surface area contributed by atoms with E-state index in [-0.39, 0.29) is 5.91 Å². The minimum atomic E-state index is -0.659. The molecule has 6 nitrogen and oxygen atoms in total. The Balaban J connectivity index is 1.92. The van der Waals surface area contributed by atoms with Gasteiger partial charge in [0, 0.05) is 29.1 Å². The highest BCUT2D eigenvalue weighted by molar-refractivity contribution is 7.11. The van der Waals surface area contributed by atoms with Crippen LogP contribution in [0.2, 0.25) is 0 Å². The normalized spacial score (nSPS) is 10.3. The molecule has 0 saturated carbocycles. The second kappa shape index (κ2) is 7.04. The number of hydrogen-bond acceptors (Lipinski definition) is 4.